The lowest BCUT2D eigenvalue weighted by molar-refractivity contribution is -0.137. The van der Waals surface area contributed by atoms with Crippen molar-refractivity contribution in [3.05, 3.63) is 65.7 Å². The first-order valence-electron chi connectivity index (χ1n) is 8.78. The highest BCUT2D eigenvalue weighted by Crippen LogP contribution is 2.30. The summed E-state index contributed by atoms with van der Waals surface area (Å²) >= 11 is 0. The number of hydrogen-bond donors (Lipinski definition) is 2. The van der Waals surface area contributed by atoms with E-state index in [9.17, 15) is 14.7 Å². The second-order valence-corrected chi connectivity index (χ2v) is 6.58. The van der Waals surface area contributed by atoms with Crippen LogP contribution < -0.4 is 10.1 Å². The summed E-state index contributed by atoms with van der Waals surface area (Å²) in [6.45, 7) is 0.867. The number of fused-ring (bicyclic) bond motifs is 2. The number of benzene rings is 1. The van der Waals surface area contributed by atoms with Crippen molar-refractivity contribution in [2.75, 3.05) is 13.2 Å². The molecule has 1 aliphatic heterocycles. The number of carboxylic acid groups (broad SMARTS) is 1. The van der Waals surface area contributed by atoms with E-state index in [1.54, 1.807) is 12.4 Å². The summed E-state index contributed by atoms with van der Waals surface area (Å²) in [5.41, 5.74) is 3.14. The molecule has 3 aromatic rings. The first kappa shape index (κ1) is 17.1. The van der Waals surface area contributed by atoms with Gasteiger partial charge in [-0.25, -0.2) is 4.98 Å². The molecule has 1 atom stereocenters. The number of carbonyl (C=O) groups excluding carboxylic acids is 1. The molecule has 7 nitrogen and oxygen atoms in total. The van der Waals surface area contributed by atoms with E-state index in [-0.39, 0.29) is 24.8 Å². The summed E-state index contributed by atoms with van der Waals surface area (Å²) in [4.78, 5) is 27.9. The Kier molecular flexibility index (Phi) is 4.50. The fraction of sp³-hybridized carbons (Fsp3) is 0.250. The number of nitrogens with one attached hydrogen (secondary N) is 1. The third kappa shape index (κ3) is 3.62. The third-order valence-electron chi connectivity index (χ3n) is 4.77. The average Bonchev–Trinajstić information content (AvgIpc) is 3.31. The van der Waals surface area contributed by atoms with E-state index >= 15 is 0 Å². The van der Waals surface area contributed by atoms with Crippen molar-refractivity contribution in [3.63, 3.8) is 0 Å². The largest absolute Gasteiger partial charge is 0.493 e. The predicted octanol–water partition coefficient (Wildman–Crippen LogP) is 2.26. The number of aromatic nitrogens is 2. The number of nitrogens with zero attached hydrogens (tertiary/aromatic N) is 2. The van der Waals surface area contributed by atoms with Gasteiger partial charge in [-0.05, 0) is 35.4 Å². The normalized spacial score (nSPS) is 13.8. The number of aliphatic carboxylic acids is 1. The van der Waals surface area contributed by atoms with Crippen LogP contribution in [-0.2, 0) is 11.2 Å². The van der Waals surface area contributed by atoms with Crippen molar-refractivity contribution < 1.29 is 19.4 Å². The summed E-state index contributed by atoms with van der Waals surface area (Å²) in [6, 6.07) is 11.2. The molecular weight excluding hydrogens is 346 g/mol. The second kappa shape index (κ2) is 7.11. The zero-order valence-corrected chi connectivity index (χ0v) is 14.6. The van der Waals surface area contributed by atoms with Crippen molar-refractivity contribution in [2.24, 2.45) is 0 Å². The molecule has 1 aromatic carbocycles. The van der Waals surface area contributed by atoms with Crippen LogP contribution in [0.5, 0.6) is 5.75 Å². The average molecular weight is 365 g/mol. The van der Waals surface area contributed by atoms with Crippen molar-refractivity contribution in [1.29, 1.82) is 0 Å². The Balaban J connectivity index is 1.49. The lowest BCUT2D eigenvalue weighted by Gasteiger charge is -2.17. The zero-order valence-electron chi connectivity index (χ0n) is 14.6. The first-order chi connectivity index (χ1) is 13.1. The Hall–Kier alpha value is -3.35. The van der Waals surface area contributed by atoms with Crippen molar-refractivity contribution >= 4 is 17.4 Å². The molecule has 0 spiro atoms. The van der Waals surface area contributed by atoms with E-state index in [1.165, 1.54) is 0 Å². The summed E-state index contributed by atoms with van der Waals surface area (Å²) in [5, 5.41) is 12.1. The molecule has 0 radical (unpaired) electrons. The topological polar surface area (TPSA) is 92.9 Å². The Bertz CT molecular complexity index is 1010. The SMILES string of the molecule is O=C(O)CC(CNC(=O)c1cc2cccn2cn1)c1ccc2c(c1)CCO2. The Morgan fingerprint density at radius 2 is 2.19 bits per heavy atom. The highest BCUT2D eigenvalue weighted by atomic mass is 16.5. The van der Waals surface area contributed by atoms with Crippen LogP contribution in [0.1, 0.15) is 34.0 Å². The monoisotopic (exact) mass is 365 g/mol. The van der Waals surface area contributed by atoms with Gasteiger partial charge in [-0.15, -0.1) is 0 Å². The van der Waals surface area contributed by atoms with E-state index in [1.807, 2.05) is 40.9 Å². The standard InChI is InChI=1S/C20H19N3O4/c24-19(25)9-15(13-3-4-18-14(8-13)5-7-27-18)11-21-20(26)17-10-16-2-1-6-23(16)12-22-17/h1-4,6,8,10,12,15H,5,7,9,11H2,(H,21,26)(H,24,25). The quantitative estimate of drug-likeness (QED) is 0.699. The molecule has 3 heterocycles. The highest BCUT2D eigenvalue weighted by molar-refractivity contribution is 5.93. The van der Waals surface area contributed by atoms with Gasteiger partial charge >= 0.3 is 5.97 Å². The van der Waals surface area contributed by atoms with Gasteiger partial charge in [0, 0.05) is 30.6 Å². The zero-order chi connectivity index (χ0) is 18.8. The smallest absolute Gasteiger partial charge is 0.304 e. The summed E-state index contributed by atoms with van der Waals surface area (Å²) in [5.74, 6) is -0.701. The minimum Gasteiger partial charge on any atom is -0.493 e. The Labute approximate surface area is 155 Å². The number of carboxylic acids is 1. The molecule has 138 valence electrons. The van der Waals surface area contributed by atoms with Gasteiger partial charge in [-0.3, -0.25) is 9.59 Å². The molecule has 0 saturated heterocycles. The lowest BCUT2D eigenvalue weighted by Crippen LogP contribution is -2.30. The van der Waals surface area contributed by atoms with Gasteiger partial charge in [0.15, 0.2) is 0 Å². The number of amides is 1. The first-order valence-corrected chi connectivity index (χ1v) is 8.78. The van der Waals surface area contributed by atoms with Gasteiger partial charge in [0.1, 0.15) is 11.4 Å². The van der Waals surface area contributed by atoms with Gasteiger partial charge in [-0.1, -0.05) is 12.1 Å². The van der Waals surface area contributed by atoms with Gasteiger partial charge in [0.2, 0.25) is 0 Å². The maximum atomic E-state index is 12.5. The minimum atomic E-state index is -0.904. The summed E-state index contributed by atoms with van der Waals surface area (Å²) in [6.07, 6.45) is 4.19. The van der Waals surface area contributed by atoms with Crippen molar-refractivity contribution in [3.8, 4) is 5.75 Å². The Morgan fingerprint density at radius 3 is 3.04 bits per heavy atom. The maximum absolute atomic E-state index is 12.5. The van der Waals surface area contributed by atoms with Crippen molar-refractivity contribution in [2.45, 2.75) is 18.8 Å². The van der Waals surface area contributed by atoms with Crippen LogP contribution >= 0.6 is 0 Å². The second-order valence-electron chi connectivity index (χ2n) is 6.58. The molecule has 1 amide bonds. The van der Waals surface area contributed by atoms with Crippen LogP contribution in [0, 0.1) is 0 Å². The molecule has 2 aromatic heterocycles. The van der Waals surface area contributed by atoms with Crippen LogP contribution in [0.15, 0.2) is 48.9 Å². The fourth-order valence-electron chi connectivity index (χ4n) is 3.35. The van der Waals surface area contributed by atoms with Crippen LogP contribution in [0.4, 0.5) is 0 Å². The molecule has 0 bridgehead atoms. The van der Waals surface area contributed by atoms with Crippen LogP contribution in [0.25, 0.3) is 5.52 Å². The van der Waals surface area contributed by atoms with E-state index in [4.69, 9.17) is 4.74 Å². The van der Waals surface area contributed by atoms with Crippen LogP contribution in [0.3, 0.4) is 0 Å². The molecule has 27 heavy (non-hydrogen) atoms. The number of rotatable bonds is 6. The number of carbonyl (C=O) groups is 2. The number of ether oxygens (including phenoxy) is 1. The molecule has 0 aliphatic carbocycles. The number of hydrogen-bond acceptors (Lipinski definition) is 4. The lowest BCUT2D eigenvalue weighted by atomic mass is 9.93. The van der Waals surface area contributed by atoms with E-state index in [0.29, 0.717) is 12.3 Å². The third-order valence-corrected chi connectivity index (χ3v) is 4.77. The molecular formula is C20H19N3O4. The molecule has 0 fully saturated rings. The fourth-order valence-corrected chi connectivity index (χ4v) is 3.35. The highest BCUT2D eigenvalue weighted by Gasteiger charge is 2.21. The minimum absolute atomic E-state index is 0.0644. The summed E-state index contributed by atoms with van der Waals surface area (Å²) < 4.78 is 7.32. The van der Waals surface area contributed by atoms with Crippen molar-refractivity contribution in [1.82, 2.24) is 14.7 Å². The molecule has 1 aliphatic rings. The molecule has 0 saturated carbocycles. The van der Waals surface area contributed by atoms with Gasteiger partial charge < -0.3 is 19.6 Å². The Morgan fingerprint density at radius 1 is 1.30 bits per heavy atom. The predicted molar refractivity (Wildman–Crippen MR) is 98.2 cm³/mol. The molecule has 2 N–H and O–H groups in total. The van der Waals surface area contributed by atoms with E-state index in [0.717, 1.165) is 28.8 Å². The van der Waals surface area contributed by atoms with Gasteiger partial charge in [0.25, 0.3) is 5.91 Å². The summed E-state index contributed by atoms with van der Waals surface area (Å²) in [7, 11) is 0. The van der Waals surface area contributed by atoms with Gasteiger partial charge in [-0.2, -0.15) is 0 Å². The van der Waals surface area contributed by atoms with Gasteiger partial charge in [0.05, 0.1) is 19.4 Å². The molecule has 7 heteroatoms. The molecule has 1 unspecified atom stereocenters. The van der Waals surface area contributed by atoms with Crippen LogP contribution in [0.2, 0.25) is 0 Å². The maximum Gasteiger partial charge on any atom is 0.304 e. The molecule has 4 rings (SSSR count). The van der Waals surface area contributed by atoms with E-state index in [2.05, 4.69) is 10.3 Å². The van der Waals surface area contributed by atoms with E-state index < -0.39 is 5.97 Å². The van der Waals surface area contributed by atoms with Crippen LogP contribution in [-0.4, -0.2) is 39.5 Å².